The second-order valence-corrected chi connectivity index (χ2v) is 8.08. The summed E-state index contributed by atoms with van der Waals surface area (Å²) in [7, 11) is 0. The third kappa shape index (κ3) is 6.03. The van der Waals surface area contributed by atoms with Crippen LogP contribution in [0.15, 0.2) is 21.5 Å². The van der Waals surface area contributed by atoms with Crippen LogP contribution in [0.25, 0.3) is 6.08 Å². The molecule has 0 bridgehead atoms. The van der Waals surface area contributed by atoms with E-state index in [2.05, 4.69) is 21.9 Å². The molecule has 1 fully saturated rings. The smallest absolute Gasteiger partial charge is 0.326 e. The first-order valence-corrected chi connectivity index (χ1v) is 10.9. The summed E-state index contributed by atoms with van der Waals surface area (Å²) < 4.78 is 16.9. The lowest BCUT2D eigenvalue weighted by Gasteiger charge is -2.15. The van der Waals surface area contributed by atoms with Crippen LogP contribution in [-0.2, 0) is 14.3 Å². The highest BCUT2D eigenvalue weighted by molar-refractivity contribution is 9.10. The van der Waals surface area contributed by atoms with E-state index in [1.165, 1.54) is 0 Å². The van der Waals surface area contributed by atoms with Gasteiger partial charge in [0.25, 0.3) is 11.1 Å². The van der Waals surface area contributed by atoms with E-state index in [9.17, 15) is 14.4 Å². The predicted octanol–water partition coefficient (Wildman–Crippen LogP) is 4.24. The lowest BCUT2D eigenvalue weighted by Crippen LogP contribution is -2.35. The van der Waals surface area contributed by atoms with E-state index in [0.717, 1.165) is 16.7 Å². The van der Waals surface area contributed by atoms with Crippen molar-refractivity contribution in [3.63, 3.8) is 0 Å². The second-order valence-electron chi connectivity index (χ2n) is 6.23. The van der Waals surface area contributed by atoms with Crippen LogP contribution in [0.2, 0.25) is 0 Å². The zero-order valence-corrected chi connectivity index (χ0v) is 19.3. The van der Waals surface area contributed by atoms with Crippen LogP contribution >= 0.6 is 27.7 Å². The van der Waals surface area contributed by atoms with Gasteiger partial charge in [-0.25, -0.2) is 0 Å². The summed E-state index contributed by atoms with van der Waals surface area (Å²) in [5.41, 5.74) is 0.617. The Kier molecular flexibility index (Phi) is 8.81. The molecule has 0 radical (unpaired) electrons. The fourth-order valence-electron chi connectivity index (χ4n) is 2.45. The Bertz CT molecular complexity index is 907. The highest BCUT2D eigenvalue weighted by atomic mass is 79.9. The number of imide groups is 1. The van der Waals surface area contributed by atoms with Gasteiger partial charge >= 0.3 is 5.97 Å². The zero-order valence-electron chi connectivity index (χ0n) is 16.9. The van der Waals surface area contributed by atoms with E-state index in [1.807, 2.05) is 13.8 Å². The van der Waals surface area contributed by atoms with Gasteiger partial charge in [-0.3, -0.25) is 19.3 Å². The third-order valence-corrected chi connectivity index (χ3v) is 5.49. The number of hydrogen-bond acceptors (Lipinski definition) is 7. The minimum absolute atomic E-state index is 0.0731. The van der Waals surface area contributed by atoms with Crippen LogP contribution in [0.4, 0.5) is 4.79 Å². The van der Waals surface area contributed by atoms with E-state index in [1.54, 1.807) is 25.1 Å². The number of benzene rings is 1. The fourth-order valence-corrected chi connectivity index (χ4v) is 3.86. The van der Waals surface area contributed by atoms with Gasteiger partial charge in [-0.05, 0) is 71.7 Å². The van der Waals surface area contributed by atoms with E-state index < -0.39 is 23.7 Å². The van der Waals surface area contributed by atoms with Crippen molar-refractivity contribution in [2.75, 3.05) is 19.8 Å². The Morgan fingerprint density at radius 2 is 2.07 bits per heavy atom. The van der Waals surface area contributed by atoms with E-state index in [4.69, 9.17) is 20.6 Å². The summed E-state index contributed by atoms with van der Waals surface area (Å²) in [6, 6.07) is 3.41. The van der Waals surface area contributed by atoms with Gasteiger partial charge in [-0.2, -0.15) is 0 Å². The van der Waals surface area contributed by atoms with Crippen LogP contribution in [0, 0.1) is 12.3 Å². The molecule has 0 N–H and O–H groups in total. The highest BCUT2D eigenvalue weighted by Crippen LogP contribution is 2.39. The number of hydrogen-bond donors (Lipinski definition) is 0. The Morgan fingerprint density at radius 1 is 1.33 bits per heavy atom. The van der Waals surface area contributed by atoms with Gasteiger partial charge < -0.3 is 14.2 Å². The van der Waals surface area contributed by atoms with Gasteiger partial charge in [0.1, 0.15) is 13.2 Å². The van der Waals surface area contributed by atoms with Crippen molar-refractivity contribution >= 4 is 50.9 Å². The first-order chi connectivity index (χ1) is 14.3. The SMILES string of the molecule is C#CCOc1c(Br)cc(/C=C2\SC(=O)N(CC(=O)O[C@@H](C)CC)C2=O)cc1OCC. The highest BCUT2D eigenvalue weighted by Gasteiger charge is 2.37. The Hall–Kier alpha value is -2.44. The number of thioether (sulfide) groups is 1. The van der Waals surface area contributed by atoms with Gasteiger partial charge in [-0.15, -0.1) is 6.42 Å². The summed E-state index contributed by atoms with van der Waals surface area (Å²) >= 11 is 4.18. The molecular formula is C21H22BrNO6S. The maximum Gasteiger partial charge on any atom is 0.326 e. The molecule has 7 nitrogen and oxygen atoms in total. The average molecular weight is 496 g/mol. The summed E-state index contributed by atoms with van der Waals surface area (Å²) in [4.78, 5) is 37.9. The molecule has 30 heavy (non-hydrogen) atoms. The maximum absolute atomic E-state index is 12.6. The number of ether oxygens (including phenoxy) is 3. The summed E-state index contributed by atoms with van der Waals surface area (Å²) in [6.45, 7) is 5.50. The minimum atomic E-state index is -0.621. The summed E-state index contributed by atoms with van der Waals surface area (Å²) in [6.07, 6.45) is 7.17. The maximum atomic E-state index is 12.6. The molecule has 1 aliphatic heterocycles. The summed E-state index contributed by atoms with van der Waals surface area (Å²) in [5.74, 6) is 2.12. The van der Waals surface area contributed by atoms with Crippen LogP contribution in [-0.4, -0.2) is 47.9 Å². The molecule has 2 amide bonds. The second kappa shape index (κ2) is 11.1. The van der Waals surface area contributed by atoms with E-state index >= 15 is 0 Å². The van der Waals surface area contributed by atoms with Crippen molar-refractivity contribution in [1.82, 2.24) is 4.90 Å². The number of carbonyl (C=O) groups excluding carboxylic acids is 3. The Labute approximate surface area is 188 Å². The molecule has 0 aliphatic carbocycles. The van der Waals surface area contributed by atoms with Crippen molar-refractivity contribution in [2.24, 2.45) is 0 Å². The molecule has 0 spiro atoms. The monoisotopic (exact) mass is 495 g/mol. The molecule has 1 heterocycles. The predicted molar refractivity (Wildman–Crippen MR) is 118 cm³/mol. The molecule has 1 aromatic carbocycles. The molecule has 0 unspecified atom stereocenters. The lowest BCUT2D eigenvalue weighted by molar-refractivity contribution is -0.150. The number of amides is 2. The van der Waals surface area contributed by atoms with Crippen LogP contribution in [0.3, 0.4) is 0 Å². The van der Waals surface area contributed by atoms with E-state index in [0.29, 0.717) is 34.6 Å². The number of rotatable bonds is 9. The number of halogens is 1. The first-order valence-electron chi connectivity index (χ1n) is 9.28. The lowest BCUT2D eigenvalue weighted by atomic mass is 10.2. The Morgan fingerprint density at radius 3 is 2.70 bits per heavy atom. The average Bonchev–Trinajstić information content (AvgIpc) is 2.94. The minimum Gasteiger partial charge on any atom is -0.490 e. The van der Waals surface area contributed by atoms with Gasteiger partial charge in [0.2, 0.25) is 0 Å². The van der Waals surface area contributed by atoms with Gasteiger partial charge in [-0.1, -0.05) is 12.8 Å². The van der Waals surface area contributed by atoms with Crippen molar-refractivity contribution in [1.29, 1.82) is 0 Å². The molecule has 160 valence electrons. The van der Waals surface area contributed by atoms with Crippen molar-refractivity contribution in [3.05, 3.63) is 27.1 Å². The first kappa shape index (κ1) is 23.8. The standard InChI is InChI=1S/C21H22BrNO6S/c1-5-8-28-19-15(22)9-14(10-16(19)27-7-3)11-17-20(25)23(21(26)30-17)12-18(24)29-13(4)6-2/h1,9-11,13H,6-8,12H2,2-4H3/b17-11-/t13-/m0/s1. The third-order valence-electron chi connectivity index (χ3n) is 4.00. The molecule has 2 rings (SSSR count). The number of nitrogens with zero attached hydrogens (tertiary/aromatic N) is 1. The largest absolute Gasteiger partial charge is 0.490 e. The molecule has 0 saturated carbocycles. The van der Waals surface area contributed by atoms with Crippen molar-refractivity contribution in [2.45, 2.75) is 33.3 Å². The van der Waals surface area contributed by atoms with Gasteiger partial charge in [0.15, 0.2) is 11.5 Å². The van der Waals surface area contributed by atoms with Crippen LogP contribution in [0.5, 0.6) is 11.5 Å². The zero-order chi connectivity index (χ0) is 22.3. The van der Waals surface area contributed by atoms with Crippen LogP contribution < -0.4 is 9.47 Å². The number of terminal acetylenes is 1. The van der Waals surface area contributed by atoms with Gasteiger partial charge in [0, 0.05) is 0 Å². The topological polar surface area (TPSA) is 82.1 Å². The van der Waals surface area contributed by atoms with Gasteiger partial charge in [0.05, 0.1) is 22.1 Å². The van der Waals surface area contributed by atoms with E-state index in [-0.39, 0.29) is 17.6 Å². The quantitative estimate of drug-likeness (QED) is 0.287. The Balaban J connectivity index is 2.24. The summed E-state index contributed by atoms with van der Waals surface area (Å²) in [5, 5.41) is -0.523. The molecule has 1 aromatic rings. The van der Waals surface area contributed by atoms with Crippen molar-refractivity contribution in [3.8, 4) is 23.8 Å². The number of esters is 1. The molecule has 1 atom stereocenters. The molecule has 9 heteroatoms. The molecule has 1 aliphatic rings. The fraction of sp³-hybridized carbons (Fsp3) is 0.381. The molecule has 1 saturated heterocycles. The van der Waals surface area contributed by atoms with Crippen LogP contribution in [0.1, 0.15) is 32.8 Å². The normalized spacial score (nSPS) is 15.8. The van der Waals surface area contributed by atoms with Crippen molar-refractivity contribution < 1.29 is 28.6 Å². The molecule has 0 aromatic heterocycles. The number of carbonyl (C=O) groups is 3. The molecular weight excluding hydrogens is 474 g/mol.